The van der Waals surface area contributed by atoms with Crippen LogP contribution < -0.4 is 10.6 Å². The Kier molecular flexibility index (Phi) is 5.06. The van der Waals surface area contributed by atoms with Gasteiger partial charge in [0.15, 0.2) is 5.11 Å². The Balaban J connectivity index is 1.74. The highest BCUT2D eigenvalue weighted by molar-refractivity contribution is 7.80. The molecular weight excluding hydrogens is 280 g/mol. The second kappa shape index (κ2) is 7.01. The monoisotopic (exact) mass is 292 g/mol. The molecular formula is C13H13ClN4S. The summed E-state index contributed by atoms with van der Waals surface area (Å²) in [7, 11) is 0. The van der Waals surface area contributed by atoms with Gasteiger partial charge in [-0.05, 0) is 36.5 Å². The SMILES string of the molecule is S=C(NCCc1ccccn1)Nc1ccc(Cl)cn1. The van der Waals surface area contributed by atoms with Gasteiger partial charge in [0, 0.05) is 31.1 Å². The molecule has 0 fully saturated rings. The average Bonchev–Trinajstić information content (AvgIpc) is 2.43. The lowest BCUT2D eigenvalue weighted by Gasteiger charge is -2.09. The second-order valence-corrected chi connectivity index (χ2v) is 4.66. The molecule has 2 aromatic heterocycles. The molecule has 0 unspecified atom stereocenters. The fourth-order valence-electron chi connectivity index (χ4n) is 1.46. The number of aromatic nitrogens is 2. The molecule has 2 rings (SSSR count). The van der Waals surface area contributed by atoms with Gasteiger partial charge in [0.1, 0.15) is 5.82 Å². The van der Waals surface area contributed by atoms with Gasteiger partial charge in [-0.1, -0.05) is 17.7 Å². The summed E-state index contributed by atoms with van der Waals surface area (Å²) in [6.45, 7) is 0.719. The van der Waals surface area contributed by atoms with Crippen LogP contribution in [0.25, 0.3) is 0 Å². The van der Waals surface area contributed by atoms with Gasteiger partial charge in [-0.15, -0.1) is 0 Å². The largest absolute Gasteiger partial charge is 0.362 e. The zero-order valence-corrected chi connectivity index (χ0v) is 11.7. The number of nitrogens with zero attached hydrogens (tertiary/aromatic N) is 2. The van der Waals surface area contributed by atoms with Crippen molar-refractivity contribution < 1.29 is 0 Å². The summed E-state index contributed by atoms with van der Waals surface area (Å²) in [4.78, 5) is 8.34. The van der Waals surface area contributed by atoms with Gasteiger partial charge < -0.3 is 10.6 Å². The predicted molar refractivity (Wildman–Crippen MR) is 81.4 cm³/mol. The quantitative estimate of drug-likeness (QED) is 0.849. The summed E-state index contributed by atoms with van der Waals surface area (Å²) in [5.41, 5.74) is 1.03. The number of thiocarbonyl (C=S) groups is 1. The van der Waals surface area contributed by atoms with Gasteiger partial charge in [0.2, 0.25) is 0 Å². The molecule has 0 aliphatic rings. The van der Waals surface area contributed by atoms with Crippen molar-refractivity contribution in [2.24, 2.45) is 0 Å². The molecule has 0 saturated heterocycles. The number of hydrogen-bond acceptors (Lipinski definition) is 3. The minimum absolute atomic E-state index is 0.533. The Morgan fingerprint density at radius 1 is 1.21 bits per heavy atom. The molecule has 2 aromatic rings. The first kappa shape index (κ1) is 13.7. The second-order valence-electron chi connectivity index (χ2n) is 3.81. The van der Waals surface area contributed by atoms with E-state index in [-0.39, 0.29) is 0 Å². The molecule has 0 amide bonds. The summed E-state index contributed by atoms with van der Waals surface area (Å²) >= 11 is 10.9. The lowest BCUT2D eigenvalue weighted by molar-refractivity contribution is 0.847. The highest BCUT2D eigenvalue weighted by Crippen LogP contribution is 2.09. The maximum Gasteiger partial charge on any atom is 0.171 e. The zero-order chi connectivity index (χ0) is 13.5. The highest BCUT2D eigenvalue weighted by atomic mass is 35.5. The minimum Gasteiger partial charge on any atom is -0.362 e. The zero-order valence-electron chi connectivity index (χ0n) is 10.1. The Hall–Kier alpha value is -1.72. The van der Waals surface area contributed by atoms with Crippen LogP contribution in [0.5, 0.6) is 0 Å². The van der Waals surface area contributed by atoms with Gasteiger partial charge in [-0.3, -0.25) is 4.98 Å². The first-order valence-electron chi connectivity index (χ1n) is 5.80. The first-order chi connectivity index (χ1) is 9.24. The van der Waals surface area contributed by atoms with Crippen LogP contribution in [0.15, 0.2) is 42.7 Å². The van der Waals surface area contributed by atoms with Crippen LogP contribution >= 0.6 is 23.8 Å². The fourth-order valence-corrected chi connectivity index (χ4v) is 1.78. The molecule has 98 valence electrons. The maximum atomic E-state index is 5.75. The molecule has 2 heterocycles. The Labute approximate surface area is 122 Å². The van der Waals surface area contributed by atoms with Crippen molar-refractivity contribution in [2.75, 3.05) is 11.9 Å². The molecule has 0 spiro atoms. The molecule has 0 aromatic carbocycles. The lowest BCUT2D eigenvalue weighted by atomic mass is 10.3. The third-order valence-corrected chi connectivity index (χ3v) is 2.83. The van der Waals surface area contributed by atoms with Gasteiger partial charge in [0.25, 0.3) is 0 Å². The van der Waals surface area contributed by atoms with Crippen LogP contribution in [0, 0.1) is 0 Å². The summed E-state index contributed by atoms with van der Waals surface area (Å²) in [5, 5.41) is 7.22. The molecule has 0 saturated carbocycles. The third kappa shape index (κ3) is 4.81. The Bertz CT molecular complexity index is 530. The standard InChI is InChI=1S/C13H13ClN4S/c14-10-4-5-12(17-9-10)18-13(19)16-8-6-11-3-1-2-7-15-11/h1-5,7,9H,6,8H2,(H2,16,17,18,19). The van der Waals surface area contributed by atoms with E-state index in [4.69, 9.17) is 23.8 Å². The van der Waals surface area contributed by atoms with Gasteiger partial charge in [0.05, 0.1) is 5.02 Å². The molecule has 0 atom stereocenters. The number of hydrogen-bond donors (Lipinski definition) is 2. The van der Waals surface area contributed by atoms with E-state index in [1.165, 1.54) is 0 Å². The summed E-state index contributed by atoms with van der Waals surface area (Å²) < 4.78 is 0. The minimum atomic E-state index is 0.533. The first-order valence-corrected chi connectivity index (χ1v) is 6.59. The van der Waals surface area contributed by atoms with E-state index in [2.05, 4.69) is 20.6 Å². The van der Waals surface area contributed by atoms with E-state index < -0.39 is 0 Å². The third-order valence-electron chi connectivity index (χ3n) is 2.36. The van der Waals surface area contributed by atoms with E-state index in [0.29, 0.717) is 16.0 Å². The number of anilines is 1. The Morgan fingerprint density at radius 3 is 2.79 bits per heavy atom. The van der Waals surface area contributed by atoms with E-state index in [9.17, 15) is 0 Å². The van der Waals surface area contributed by atoms with Crippen molar-refractivity contribution >= 4 is 34.7 Å². The van der Waals surface area contributed by atoms with Crippen LogP contribution in [-0.2, 0) is 6.42 Å². The molecule has 2 N–H and O–H groups in total. The van der Waals surface area contributed by atoms with Crippen molar-refractivity contribution in [3.63, 3.8) is 0 Å². The van der Waals surface area contributed by atoms with E-state index >= 15 is 0 Å². The molecule has 0 radical (unpaired) electrons. The lowest BCUT2D eigenvalue weighted by Crippen LogP contribution is -2.30. The van der Waals surface area contributed by atoms with E-state index in [0.717, 1.165) is 18.7 Å². The van der Waals surface area contributed by atoms with Crippen LogP contribution in [0.3, 0.4) is 0 Å². The summed E-state index contributed by atoms with van der Waals surface area (Å²) in [6.07, 6.45) is 4.17. The van der Waals surface area contributed by atoms with Crippen molar-refractivity contribution in [3.8, 4) is 0 Å². The van der Waals surface area contributed by atoms with Crippen LogP contribution in [0.4, 0.5) is 5.82 Å². The van der Waals surface area contributed by atoms with Gasteiger partial charge in [-0.25, -0.2) is 4.98 Å². The normalized spacial score (nSPS) is 9.95. The van der Waals surface area contributed by atoms with Crippen molar-refractivity contribution in [1.29, 1.82) is 0 Å². The molecule has 19 heavy (non-hydrogen) atoms. The molecule has 0 bridgehead atoms. The van der Waals surface area contributed by atoms with Crippen LogP contribution in [-0.4, -0.2) is 21.6 Å². The number of rotatable bonds is 4. The van der Waals surface area contributed by atoms with Crippen molar-refractivity contribution in [3.05, 3.63) is 53.4 Å². The smallest absolute Gasteiger partial charge is 0.171 e. The van der Waals surface area contributed by atoms with E-state index in [1.807, 2.05) is 18.2 Å². The summed E-state index contributed by atoms with van der Waals surface area (Å²) in [5.74, 6) is 0.666. The van der Waals surface area contributed by atoms with Crippen molar-refractivity contribution in [2.45, 2.75) is 6.42 Å². The molecule has 6 heteroatoms. The molecule has 0 aliphatic carbocycles. The van der Waals surface area contributed by atoms with Crippen LogP contribution in [0.2, 0.25) is 5.02 Å². The fraction of sp³-hybridized carbons (Fsp3) is 0.154. The number of nitrogens with one attached hydrogen (secondary N) is 2. The highest BCUT2D eigenvalue weighted by Gasteiger charge is 1.99. The summed E-state index contributed by atoms with van der Waals surface area (Å²) in [6, 6.07) is 9.38. The predicted octanol–water partition coefficient (Wildman–Crippen LogP) is 2.66. The average molecular weight is 293 g/mol. The molecule has 4 nitrogen and oxygen atoms in total. The number of halogens is 1. The van der Waals surface area contributed by atoms with Crippen LogP contribution in [0.1, 0.15) is 5.69 Å². The number of pyridine rings is 2. The van der Waals surface area contributed by atoms with Crippen molar-refractivity contribution in [1.82, 2.24) is 15.3 Å². The Morgan fingerprint density at radius 2 is 2.11 bits per heavy atom. The van der Waals surface area contributed by atoms with E-state index in [1.54, 1.807) is 24.5 Å². The topological polar surface area (TPSA) is 49.8 Å². The molecule has 0 aliphatic heterocycles. The van der Waals surface area contributed by atoms with Gasteiger partial charge >= 0.3 is 0 Å². The van der Waals surface area contributed by atoms with Gasteiger partial charge in [-0.2, -0.15) is 0 Å². The maximum absolute atomic E-state index is 5.75.